The van der Waals surface area contributed by atoms with Gasteiger partial charge in [0.25, 0.3) is 0 Å². The highest BCUT2D eigenvalue weighted by atomic mass is 31.2. The summed E-state index contributed by atoms with van der Waals surface area (Å²) in [5.74, 6) is -0.868. The predicted octanol–water partition coefficient (Wildman–Crippen LogP) is 1.62. The van der Waals surface area contributed by atoms with Gasteiger partial charge in [-0.15, -0.1) is 0 Å². The van der Waals surface area contributed by atoms with E-state index in [1.54, 1.807) is 6.92 Å². The largest absolute Gasteiger partial charge is 0.386 e. The monoisotopic (exact) mass is 175 g/mol. The van der Waals surface area contributed by atoms with Crippen molar-refractivity contribution in [3.05, 3.63) is 0 Å². The lowest BCUT2D eigenvalue weighted by atomic mass is 10.4. The summed E-state index contributed by atoms with van der Waals surface area (Å²) in [6.07, 6.45) is 0.537. The van der Waals surface area contributed by atoms with Crippen LogP contribution in [-0.4, -0.2) is 23.3 Å². The van der Waals surface area contributed by atoms with Crippen molar-refractivity contribution < 1.29 is 9.67 Å². The molecule has 3 atom stereocenters. The molecule has 0 saturated heterocycles. The first-order valence-corrected chi connectivity index (χ1v) is 5.90. The van der Waals surface area contributed by atoms with Gasteiger partial charge in [-0.1, -0.05) is 6.92 Å². The Labute approximate surface area is 67.4 Å². The zero-order valence-corrected chi connectivity index (χ0v) is 8.01. The fraction of sp³-hybridized carbons (Fsp3) is 0.857. The van der Waals surface area contributed by atoms with Gasteiger partial charge in [-0.05, 0) is 20.0 Å². The van der Waals surface area contributed by atoms with Crippen LogP contribution in [0.2, 0.25) is 0 Å². The van der Waals surface area contributed by atoms with Crippen LogP contribution in [-0.2, 0) is 4.57 Å². The Kier molecular flexibility index (Phi) is 3.78. The summed E-state index contributed by atoms with van der Waals surface area (Å²) in [5.41, 5.74) is -0.498. The fourth-order valence-electron chi connectivity index (χ4n) is 0.829. The molecule has 0 spiro atoms. The molecule has 3 nitrogen and oxygen atoms in total. The van der Waals surface area contributed by atoms with Gasteiger partial charge in [0, 0.05) is 0 Å². The molecule has 0 heterocycles. The van der Waals surface area contributed by atoms with Crippen LogP contribution in [0.5, 0.6) is 0 Å². The zero-order valence-electron chi connectivity index (χ0n) is 7.11. The van der Waals surface area contributed by atoms with E-state index in [0.29, 0.717) is 6.42 Å². The van der Waals surface area contributed by atoms with Crippen molar-refractivity contribution in [1.82, 2.24) is 0 Å². The molecule has 0 aliphatic carbocycles. The Bertz CT molecular complexity index is 207. The molecule has 64 valence electrons. The lowest BCUT2D eigenvalue weighted by molar-refractivity contribution is 0.266. The molecule has 1 N–H and O–H groups in total. The van der Waals surface area contributed by atoms with Gasteiger partial charge in [0.15, 0.2) is 0 Å². The van der Waals surface area contributed by atoms with E-state index in [1.165, 1.54) is 13.6 Å². The quantitative estimate of drug-likeness (QED) is 0.663. The number of hydrogen-bond donors (Lipinski definition) is 1. The summed E-state index contributed by atoms with van der Waals surface area (Å²) in [6, 6.07) is 1.95. The average molecular weight is 175 g/mol. The van der Waals surface area contributed by atoms with E-state index in [-0.39, 0.29) is 0 Å². The van der Waals surface area contributed by atoms with Crippen LogP contribution in [0.1, 0.15) is 20.3 Å². The smallest absolute Gasteiger partial charge is 0.128 e. The van der Waals surface area contributed by atoms with Crippen molar-refractivity contribution >= 4 is 7.14 Å². The maximum absolute atomic E-state index is 11.6. The second-order valence-corrected chi connectivity index (χ2v) is 6.23. The highest BCUT2D eigenvalue weighted by Crippen LogP contribution is 2.51. The fourth-order valence-corrected chi connectivity index (χ4v) is 2.30. The van der Waals surface area contributed by atoms with E-state index >= 15 is 0 Å². The third kappa shape index (κ3) is 2.32. The van der Waals surface area contributed by atoms with Crippen LogP contribution in [0, 0.1) is 11.3 Å². The van der Waals surface area contributed by atoms with Crippen LogP contribution in [0.4, 0.5) is 0 Å². The first-order chi connectivity index (χ1) is 4.96. The molecule has 0 bridgehead atoms. The summed E-state index contributed by atoms with van der Waals surface area (Å²) in [4.78, 5) is 0. The number of rotatable bonds is 3. The van der Waals surface area contributed by atoms with Gasteiger partial charge in [0.2, 0.25) is 0 Å². The van der Waals surface area contributed by atoms with Gasteiger partial charge in [-0.3, -0.25) is 0 Å². The van der Waals surface area contributed by atoms with E-state index in [2.05, 4.69) is 0 Å². The summed E-state index contributed by atoms with van der Waals surface area (Å²) in [5, 5.41) is 17.7. The molecular weight excluding hydrogens is 161 g/mol. The van der Waals surface area contributed by atoms with Crippen molar-refractivity contribution in [3.8, 4) is 6.07 Å². The molecule has 0 saturated carbocycles. The Hall–Kier alpha value is -0.320. The summed E-state index contributed by atoms with van der Waals surface area (Å²) >= 11 is 0. The SMILES string of the molecule is CCC(C#N)P(C)(=O)C(C)O. The molecule has 0 aliphatic heterocycles. The highest BCUT2D eigenvalue weighted by Gasteiger charge is 2.31. The van der Waals surface area contributed by atoms with Gasteiger partial charge in [-0.2, -0.15) is 5.26 Å². The standard InChI is InChI=1S/C7H14NO2P/c1-4-7(5-8)11(3,10)6(2)9/h6-7,9H,4H2,1-3H3. The Morgan fingerprint density at radius 2 is 2.18 bits per heavy atom. The topological polar surface area (TPSA) is 61.1 Å². The summed E-state index contributed by atoms with van der Waals surface area (Å²) < 4.78 is 11.6. The summed E-state index contributed by atoms with van der Waals surface area (Å²) in [6.45, 7) is 4.75. The molecule has 0 aromatic carbocycles. The Morgan fingerprint density at radius 1 is 1.73 bits per heavy atom. The number of aliphatic hydroxyl groups excluding tert-OH is 1. The molecule has 4 heteroatoms. The average Bonchev–Trinajstić information content (AvgIpc) is 1.89. The molecule has 11 heavy (non-hydrogen) atoms. The lowest BCUT2D eigenvalue weighted by Crippen LogP contribution is -2.13. The van der Waals surface area contributed by atoms with Gasteiger partial charge >= 0.3 is 0 Å². The van der Waals surface area contributed by atoms with Crippen molar-refractivity contribution in [2.75, 3.05) is 6.66 Å². The first kappa shape index (κ1) is 10.7. The van der Waals surface area contributed by atoms with Gasteiger partial charge in [0.05, 0.1) is 6.07 Å². The maximum Gasteiger partial charge on any atom is 0.128 e. The Balaban J connectivity index is 4.55. The minimum atomic E-state index is -2.68. The highest BCUT2D eigenvalue weighted by molar-refractivity contribution is 7.64. The molecule has 0 amide bonds. The molecule has 0 aliphatic rings. The van der Waals surface area contributed by atoms with Gasteiger partial charge in [-0.25, -0.2) is 0 Å². The van der Waals surface area contributed by atoms with Crippen LogP contribution in [0.15, 0.2) is 0 Å². The molecule has 0 fully saturated rings. The normalized spacial score (nSPS) is 21.4. The van der Waals surface area contributed by atoms with Crippen LogP contribution >= 0.6 is 7.14 Å². The third-order valence-electron chi connectivity index (χ3n) is 1.90. The summed E-state index contributed by atoms with van der Waals surface area (Å²) in [7, 11) is -2.68. The minimum absolute atomic E-state index is 0.498. The van der Waals surface area contributed by atoms with Gasteiger partial charge < -0.3 is 9.67 Å². The third-order valence-corrected chi connectivity index (χ3v) is 5.10. The molecule has 0 radical (unpaired) electrons. The minimum Gasteiger partial charge on any atom is -0.386 e. The van der Waals surface area contributed by atoms with E-state index in [1.807, 2.05) is 6.07 Å². The maximum atomic E-state index is 11.6. The molecule has 0 rings (SSSR count). The van der Waals surface area contributed by atoms with Crippen LogP contribution < -0.4 is 0 Å². The number of aliphatic hydroxyl groups is 1. The lowest BCUT2D eigenvalue weighted by Gasteiger charge is -2.19. The first-order valence-electron chi connectivity index (χ1n) is 3.61. The van der Waals surface area contributed by atoms with Crippen molar-refractivity contribution in [3.63, 3.8) is 0 Å². The van der Waals surface area contributed by atoms with E-state index in [9.17, 15) is 4.57 Å². The second kappa shape index (κ2) is 3.90. The second-order valence-electron chi connectivity index (χ2n) is 2.74. The molecular formula is C7H14NO2P. The molecule has 0 aromatic rings. The number of hydrogen-bond acceptors (Lipinski definition) is 3. The Morgan fingerprint density at radius 3 is 2.27 bits per heavy atom. The van der Waals surface area contributed by atoms with Gasteiger partial charge in [0.1, 0.15) is 18.6 Å². The van der Waals surface area contributed by atoms with E-state index < -0.39 is 18.6 Å². The van der Waals surface area contributed by atoms with Crippen LogP contribution in [0.3, 0.4) is 0 Å². The van der Waals surface area contributed by atoms with Crippen molar-refractivity contribution in [2.45, 2.75) is 31.8 Å². The molecule has 3 unspecified atom stereocenters. The van der Waals surface area contributed by atoms with E-state index in [4.69, 9.17) is 10.4 Å². The van der Waals surface area contributed by atoms with Crippen molar-refractivity contribution in [1.29, 1.82) is 5.26 Å². The van der Waals surface area contributed by atoms with Crippen LogP contribution in [0.25, 0.3) is 0 Å². The number of nitriles is 1. The van der Waals surface area contributed by atoms with Crippen molar-refractivity contribution in [2.24, 2.45) is 0 Å². The zero-order chi connectivity index (χ0) is 9.07. The number of nitrogens with zero attached hydrogens (tertiary/aromatic N) is 1. The molecule has 0 aromatic heterocycles. The predicted molar refractivity (Wildman–Crippen MR) is 44.9 cm³/mol. The van der Waals surface area contributed by atoms with E-state index in [0.717, 1.165) is 0 Å².